The number of fused-ring (bicyclic) bond motifs is 1. The van der Waals surface area contributed by atoms with Crippen LogP contribution in [-0.2, 0) is 19.1 Å². The molecule has 7 atom stereocenters. The number of thioether (sulfide) groups is 1. The van der Waals surface area contributed by atoms with E-state index in [4.69, 9.17) is 4.74 Å². The number of carbonyl (C=O) groups is 3. The Morgan fingerprint density at radius 1 is 1.24 bits per heavy atom. The molecule has 1 N–H and O–H groups in total. The third-order valence-electron chi connectivity index (χ3n) is 9.00. The van der Waals surface area contributed by atoms with Crippen LogP contribution in [0.5, 0.6) is 0 Å². The van der Waals surface area contributed by atoms with E-state index in [-0.39, 0.29) is 54.1 Å². The molecule has 8 heteroatoms. The molecule has 2 amide bonds. The second-order valence-corrected chi connectivity index (χ2v) is 13.3. The van der Waals surface area contributed by atoms with Crippen molar-refractivity contribution in [1.29, 1.82) is 0 Å². The van der Waals surface area contributed by atoms with Gasteiger partial charge in [0.25, 0.3) is 0 Å². The largest absolute Gasteiger partial charge is 0.461 e. The molecular weight excluding hydrogens is 488 g/mol. The quantitative estimate of drug-likeness (QED) is 0.322. The van der Waals surface area contributed by atoms with Crippen LogP contribution in [0, 0.1) is 23.7 Å². The number of esters is 1. The zero-order chi connectivity index (χ0) is 26.9. The van der Waals surface area contributed by atoms with Gasteiger partial charge in [0.1, 0.15) is 12.6 Å². The molecule has 0 aromatic carbocycles. The predicted molar refractivity (Wildman–Crippen MR) is 146 cm³/mol. The Kier molecular flexibility index (Phi) is 8.79. The van der Waals surface area contributed by atoms with Crippen molar-refractivity contribution in [1.82, 2.24) is 9.80 Å². The van der Waals surface area contributed by atoms with Crippen molar-refractivity contribution < 1.29 is 24.2 Å². The molecule has 1 spiro atoms. The molecule has 0 aromatic heterocycles. The Morgan fingerprint density at radius 2 is 1.95 bits per heavy atom. The van der Waals surface area contributed by atoms with Crippen LogP contribution in [-0.4, -0.2) is 80.6 Å². The molecule has 206 valence electrons. The Bertz CT molecular complexity index is 903. The highest BCUT2D eigenvalue weighted by Gasteiger charge is 2.77. The summed E-state index contributed by atoms with van der Waals surface area (Å²) < 4.78 is 4.77. The van der Waals surface area contributed by atoms with E-state index in [1.165, 1.54) is 12.5 Å². The van der Waals surface area contributed by atoms with Gasteiger partial charge in [0.2, 0.25) is 11.8 Å². The van der Waals surface area contributed by atoms with Gasteiger partial charge in [-0.3, -0.25) is 14.4 Å². The zero-order valence-electron chi connectivity index (χ0n) is 22.6. The van der Waals surface area contributed by atoms with E-state index in [9.17, 15) is 19.5 Å². The van der Waals surface area contributed by atoms with Crippen molar-refractivity contribution in [2.45, 2.75) is 93.8 Å². The van der Waals surface area contributed by atoms with Gasteiger partial charge >= 0.3 is 5.97 Å². The summed E-state index contributed by atoms with van der Waals surface area (Å²) in [4.78, 5) is 45.9. The molecule has 0 radical (unpaired) electrons. The van der Waals surface area contributed by atoms with Crippen LogP contribution in [0.1, 0.15) is 65.7 Å². The van der Waals surface area contributed by atoms with Gasteiger partial charge < -0.3 is 19.6 Å². The lowest BCUT2D eigenvalue weighted by Gasteiger charge is -2.44. The lowest BCUT2D eigenvalue weighted by atomic mass is 9.66. The number of ether oxygens (including phenoxy) is 1. The first-order chi connectivity index (χ1) is 17.7. The lowest BCUT2D eigenvalue weighted by molar-refractivity contribution is -0.154. The molecule has 3 heterocycles. The van der Waals surface area contributed by atoms with Crippen LogP contribution in [0.15, 0.2) is 25.3 Å². The molecular formula is C29H44N2O5S. The minimum Gasteiger partial charge on any atom is -0.461 e. The molecule has 37 heavy (non-hydrogen) atoms. The van der Waals surface area contributed by atoms with E-state index >= 15 is 0 Å². The predicted octanol–water partition coefficient (Wildman–Crippen LogP) is 3.81. The molecule has 3 aliphatic heterocycles. The molecule has 1 aliphatic carbocycles. The molecule has 3 saturated heterocycles. The number of aliphatic hydroxyl groups is 1. The van der Waals surface area contributed by atoms with Crippen LogP contribution in [0.3, 0.4) is 0 Å². The summed E-state index contributed by atoms with van der Waals surface area (Å²) in [7, 11) is 0. The standard InChI is InChI=1S/C29H44N2O5S/c1-6-13-30(20-11-9-8-10-12-20)27(34)25-29-19(5)16-22(37-29)23(28(35)36-14-7-2)24(29)26(33)31(25)21(17-32)15-18(3)4/h6-7,18-25,32H,1-2,8-17H2,3-5H3/t19?,21-,22+,23-,24+,25?,29?/m1/s1. The fourth-order valence-electron chi connectivity index (χ4n) is 7.57. The number of nitrogens with zero attached hydrogens (tertiary/aromatic N) is 2. The molecule has 4 fully saturated rings. The second kappa shape index (κ2) is 11.5. The summed E-state index contributed by atoms with van der Waals surface area (Å²) in [6, 6.07) is -1.07. The monoisotopic (exact) mass is 532 g/mol. The molecule has 4 aliphatic rings. The topological polar surface area (TPSA) is 87.2 Å². The minimum absolute atomic E-state index is 0.0510. The average Bonchev–Trinajstić information content (AvgIpc) is 3.48. The molecule has 3 unspecified atom stereocenters. The van der Waals surface area contributed by atoms with Gasteiger partial charge in [-0.25, -0.2) is 0 Å². The van der Waals surface area contributed by atoms with Crippen molar-refractivity contribution in [3.8, 4) is 0 Å². The van der Waals surface area contributed by atoms with Crippen LogP contribution >= 0.6 is 11.8 Å². The van der Waals surface area contributed by atoms with Crippen LogP contribution in [0.4, 0.5) is 0 Å². The highest BCUT2D eigenvalue weighted by molar-refractivity contribution is 8.02. The van der Waals surface area contributed by atoms with Crippen LogP contribution in [0.25, 0.3) is 0 Å². The number of rotatable bonds is 11. The second-order valence-electron chi connectivity index (χ2n) is 11.8. The first-order valence-corrected chi connectivity index (χ1v) is 14.9. The SMILES string of the molecule is C=CCOC(=O)[C@@H]1[C@@H]2CC(C)C3(S2)C(C(=O)N(CC=C)C2CCCCC2)N([C@@H](CO)CC(C)C)C(=O)[C@H]13. The van der Waals surface area contributed by atoms with E-state index in [0.717, 1.165) is 32.1 Å². The van der Waals surface area contributed by atoms with Crippen LogP contribution < -0.4 is 0 Å². The smallest absolute Gasteiger partial charge is 0.311 e. The van der Waals surface area contributed by atoms with Crippen molar-refractivity contribution in [3.05, 3.63) is 25.3 Å². The summed E-state index contributed by atoms with van der Waals surface area (Å²) in [5.41, 5.74) is 0. The number of hydrogen-bond acceptors (Lipinski definition) is 6. The summed E-state index contributed by atoms with van der Waals surface area (Å²) in [6.45, 7) is 14.1. The normalized spacial score (nSPS) is 33.9. The molecule has 4 rings (SSSR count). The number of amides is 2. The maximum Gasteiger partial charge on any atom is 0.311 e. The van der Waals surface area contributed by atoms with Gasteiger partial charge in [-0.15, -0.1) is 18.3 Å². The van der Waals surface area contributed by atoms with Crippen LogP contribution in [0.2, 0.25) is 0 Å². The fraction of sp³-hybridized carbons (Fsp3) is 0.759. The van der Waals surface area contributed by atoms with E-state index in [1.807, 2.05) is 4.90 Å². The maximum atomic E-state index is 14.7. The van der Waals surface area contributed by atoms with E-state index in [2.05, 4.69) is 33.9 Å². The van der Waals surface area contributed by atoms with E-state index in [1.54, 1.807) is 22.7 Å². The van der Waals surface area contributed by atoms with Gasteiger partial charge in [0.15, 0.2) is 0 Å². The zero-order valence-corrected chi connectivity index (χ0v) is 23.5. The Hall–Kier alpha value is -1.80. The van der Waals surface area contributed by atoms with E-state index < -0.39 is 28.7 Å². The fourth-order valence-corrected chi connectivity index (χ4v) is 9.96. The van der Waals surface area contributed by atoms with Crippen molar-refractivity contribution >= 4 is 29.5 Å². The number of aliphatic hydroxyl groups excluding tert-OH is 1. The van der Waals surface area contributed by atoms with Crippen molar-refractivity contribution in [2.75, 3.05) is 19.8 Å². The van der Waals surface area contributed by atoms with Gasteiger partial charge in [-0.05, 0) is 37.5 Å². The summed E-state index contributed by atoms with van der Waals surface area (Å²) in [5.74, 6) is -1.51. The Labute approximate surface area is 226 Å². The summed E-state index contributed by atoms with van der Waals surface area (Å²) in [5, 5.41) is 10.4. The number of carbonyl (C=O) groups excluding carboxylic acids is 3. The Balaban J connectivity index is 1.80. The highest BCUT2D eigenvalue weighted by Crippen LogP contribution is 2.69. The van der Waals surface area contributed by atoms with E-state index in [0.29, 0.717) is 13.0 Å². The Morgan fingerprint density at radius 3 is 2.54 bits per heavy atom. The molecule has 0 aromatic rings. The molecule has 2 bridgehead atoms. The summed E-state index contributed by atoms with van der Waals surface area (Å²) in [6.07, 6.45) is 9.92. The highest BCUT2D eigenvalue weighted by atomic mass is 32.2. The maximum absolute atomic E-state index is 14.7. The summed E-state index contributed by atoms with van der Waals surface area (Å²) >= 11 is 1.66. The van der Waals surface area contributed by atoms with Gasteiger partial charge in [-0.2, -0.15) is 0 Å². The first kappa shape index (κ1) is 28.2. The van der Waals surface area contributed by atoms with Gasteiger partial charge in [-0.1, -0.05) is 58.8 Å². The van der Waals surface area contributed by atoms with Crippen molar-refractivity contribution in [3.63, 3.8) is 0 Å². The number of likely N-dealkylation sites (tertiary alicyclic amines) is 1. The molecule has 1 saturated carbocycles. The third-order valence-corrected chi connectivity index (χ3v) is 11.1. The first-order valence-electron chi connectivity index (χ1n) is 14.0. The lowest BCUT2D eigenvalue weighted by Crippen LogP contribution is -2.60. The average molecular weight is 533 g/mol. The van der Waals surface area contributed by atoms with Crippen molar-refractivity contribution in [2.24, 2.45) is 23.7 Å². The van der Waals surface area contributed by atoms with Gasteiger partial charge in [0, 0.05) is 17.8 Å². The third kappa shape index (κ3) is 4.77. The van der Waals surface area contributed by atoms with Gasteiger partial charge in [0.05, 0.1) is 29.2 Å². The minimum atomic E-state index is -0.718. The number of hydrogen-bond donors (Lipinski definition) is 1. The molecule has 7 nitrogen and oxygen atoms in total.